The Balaban J connectivity index is 2.00. The summed E-state index contributed by atoms with van der Waals surface area (Å²) in [4.78, 5) is 0. The van der Waals surface area contributed by atoms with Gasteiger partial charge in [0.1, 0.15) is 0 Å². The van der Waals surface area contributed by atoms with Gasteiger partial charge in [0.2, 0.25) is 6.79 Å². The minimum atomic E-state index is -1.73. The van der Waals surface area contributed by atoms with Crippen LogP contribution in [-0.2, 0) is 6.42 Å². The maximum Gasteiger partial charge on any atom is 0.231 e. The molecule has 0 unspecified atom stereocenters. The molecular formula is C12H12B5NO2. The normalized spacial score (nSPS) is 16.1. The van der Waals surface area contributed by atoms with Gasteiger partial charge in [-0.15, -0.1) is 5.11 Å². The molecule has 0 amide bonds. The summed E-state index contributed by atoms with van der Waals surface area (Å²) in [5, 5.41) is -0.386. The van der Waals surface area contributed by atoms with Crippen molar-refractivity contribution in [3.8, 4) is 11.5 Å². The van der Waals surface area contributed by atoms with Crippen LogP contribution in [0.1, 0.15) is 12.5 Å². The maximum atomic E-state index is 5.79. The Morgan fingerprint density at radius 2 is 1.80 bits per heavy atom. The molecule has 0 aromatic heterocycles. The fraction of sp³-hybridized carbons (Fsp3) is 0.500. The molecule has 0 spiro atoms. The van der Waals surface area contributed by atoms with E-state index in [9.17, 15) is 0 Å². The van der Waals surface area contributed by atoms with Gasteiger partial charge in [-0.05, 0) is 31.0 Å². The number of benzene rings is 1. The van der Waals surface area contributed by atoms with Crippen molar-refractivity contribution in [2.75, 3.05) is 6.79 Å². The van der Waals surface area contributed by atoms with Crippen molar-refractivity contribution < 1.29 is 9.47 Å². The average molecular weight is 256 g/mol. The second-order valence-electron chi connectivity index (χ2n) is 5.24. The molecule has 1 aromatic rings. The van der Waals surface area contributed by atoms with Crippen LogP contribution in [0.15, 0.2) is 18.2 Å². The highest BCUT2D eigenvalue weighted by atomic mass is 16.7. The van der Waals surface area contributed by atoms with E-state index in [1.165, 1.54) is 0 Å². The van der Waals surface area contributed by atoms with E-state index in [2.05, 4.69) is 5.32 Å². The zero-order chi connectivity index (χ0) is 15.0. The average Bonchev–Trinajstić information content (AvgIpc) is 2.73. The highest BCUT2D eigenvalue weighted by molar-refractivity contribution is 6.67. The van der Waals surface area contributed by atoms with Crippen LogP contribution in [-0.4, -0.2) is 57.4 Å². The maximum absolute atomic E-state index is 5.79. The Hall–Kier alpha value is -0.895. The first-order valence-electron chi connectivity index (χ1n) is 6.29. The first kappa shape index (κ1) is 15.5. The first-order valence-corrected chi connectivity index (χ1v) is 6.29. The van der Waals surface area contributed by atoms with Gasteiger partial charge in [0, 0.05) is 6.04 Å². The van der Waals surface area contributed by atoms with E-state index in [0.29, 0.717) is 6.42 Å². The Morgan fingerprint density at radius 3 is 2.45 bits per heavy atom. The third kappa shape index (κ3) is 3.40. The molecule has 1 N–H and O–H groups in total. The fourth-order valence-electron chi connectivity index (χ4n) is 2.01. The largest absolute Gasteiger partial charge is 0.454 e. The third-order valence-corrected chi connectivity index (χ3v) is 3.18. The molecular weight excluding hydrogens is 244 g/mol. The molecule has 8 heteroatoms. The predicted molar refractivity (Wildman–Crippen MR) is 83.1 cm³/mol. The Bertz CT molecular complexity index is 489. The molecule has 2 rings (SSSR count). The van der Waals surface area contributed by atoms with Gasteiger partial charge < -0.3 is 14.8 Å². The van der Waals surface area contributed by atoms with Crippen molar-refractivity contribution in [1.82, 2.24) is 5.32 Å². The van der Waals surface area contributed by atoms with Crippen LogP contribution in [0.4, 0.5) is 0 Å². The Morgan fingerprint density at radius 1 is 1.15 bits per heavy atom. The predicted octanol–water partition coefficient (Wildman–Crippen LogP) is -0.494. The van der Waals surface area contributed by atoms with Crippen LogP contribution in [0, 0.1) is 0 Å². The zero-order valence-corrected chi connectivity index (χ0v) is 11.4. The molecule has 0 bridgehead atoms. The number of rotatable bonds is 5. The van der Waals surface area contributed by atoms with E-state index in [0.717, 1.165) is 17.1 Å². The molecule has 0 fully saturated rings. The molecule has 1 heterocycles. The molecule has 1 aliphatic heterocycles. The lowest BCUT2D eigenvalue weighted by Crippen LogP contribution is -2.60. The van der Waals surface area contributed by atoms with E-state index in [1.54, 1.807) is 0 Å². The summed E-state index contributed by atoms with van der Waals surface area (Å²) in [5.74, 6) is 1.47. The van der Waals surface area contributed by atoms with E-state index in [4.69, 9.17) is 48.7 Å². The Kier molecular flexibility index (Phi) is 4.24. The van der Waals surface area contributed by atoms with Crippen molar-refractivity contribution in [1.29, 1.82) is 0 Å². The third-order valence-electron chi connectivity index (χ3n) is 3.18. The molecule has 92 valence electrons. The van der Waals surface area contributed by atoms with E-state index in [1.807, 2.05) is 25.1 Å². The summed E-state index contributed by atoms with van der Waals surface area (Å²) >= 11 is 0. The van der Waals surface area contributed by atoms with Crippen molar-refractivity contribution in [3.63, 3.8) is 0 Å². The SMILES string of the molecule is [B]C([B])([B])C([B])([B])N[C@H](C)Cc1ccc2c(c1)OCO2. The van der Waals surface area contributed by atoms with Crippen LogP contribution >= 0.6 is 0 Å². The van der Waals surface area contributed by atoms with Crippen LogP contribution in [0.3, 0.4) is 0 Å². The number of ether oxygens (including phenoxy) is 2. The summed E-state index contributed by atoms with van der Waals surface area (Å²) in [6.07, 6.45) is 0.656. The molecule has 0 aliphatic carbocycles. The number of nitrogens with one attached hydrogen (secondary N) is 1. The fourth-order valence-corrected chi connectivity index (χ4v) is 2.01. The Labute approximate surface area is 126 Å². The van der Waals surface area contributed by atoms with Gasteiger partial charge in [-0.3, -0.25) is 0 Å². The van der Waals surface area contributed by atoms with Crippen molar-refractivity contribution in [3.05, 3.63) is 23.8 Å². The number of hydrogen-bond donors (Lipinski definition) is 1. The van der Waals surface area contributed by atoms with E-state index in [-0.39, 0.29) is 12.8 Å². The van der Waals surface area contributed by atoms with Crippen LogP contribution in [0.5, 0.6) is 11.5 Å². The summed E-state index contributed by atoms with van der Waals surface area (Å²) < 4.78 is 10.6. The lowest BCUT2D eigenvalue weighted by atomic mass is 9.26. The lowest BCUT2D eigenvalue weighted by Gasteiger charge is -2.45. The lowest BCUT2D eigenvalue weighted by molar-refractivity contribution is 0.174. The molecule has 20 heavy (non-hydrogen) atoms. The van der Waals surface area contributed by atoms with Gasteiger partial charge in [-0.1, -0.05) is 11.4 Å². The standard InChI is InChI=1S/C12H12B5NO2/c1-7(18-12(16,17)11(13,14)15)4-8-2-3-9-10(5-8)20-6-19-9/h2-3,5,7,18H,4,6H2,1H3/t7-/m1/s1. The minimum absolute atomic E-state index is 0.0830. The first-order chi connectivity index (χ1) is 9.19. The molecule has 1 aliphatic rings. The molecule has 1 atom stereocenters. The van der Waals surface area contributed by atoms with Gasteiger partial charge in [0.05, 0.1) is 39.2 Å². The highest BCUT2D eigenvalue weighted by Crippen LogP contribution is 2.33. The quantitative estimate of drug-likeness (QED) is 0.721. The molecule has 0 saturated carbocycles. The summed E-state index contributed by atoms with van der Waals surface area (Å²) in [6, 6.07) is 5.64. The zero-order valence-electron chi connectivity index (χ0n) is 11.4. The van der Waals surface area contributed by atoms with E-state index >= 15 is 0 Å². The second-order valence-corrected chi connectivity index (χ2v) is 5.24. The molecule has 1 aromatic carbocycles. The minimum Gasteiger partial charge on any atom is -0.454 e. The number of fused-ring (bicyclic) bond motifs is 1. The second kappa shape index (κ2) is 5.47. The topological polar surface area (TPSA) is 30.5 Å². The summed E-state index contributed by atoms with van der Waals surface area (Å²) in [7, 11) is 28.2. The van der Waals surface area contributed by atoms with Gasteiger partial charge in [-0.25, -0.2) is 0 Å². The molecule has 0 saturated heterocycles. The number of hydrogen-bond acceptors (Lipinski definition) is 3. The monoisotopic (exact) mass is 257 g/mol. The van der Waals surface area contributed by atoms with Crippen molar-refractivity contribution >= 4 is 39.2 Å². The van der Waals surface area contributed by atoms with Crippen LogP contribution in [0.2, 0.25) is 5.11 Å². The summed E-state index contributed by atoms with van der Waals surface area (Å²) in [6.45, 7) is 2.15. The van der Waals surface area contributed by atoms with Crippen LogP contribution < -0.4 is 14.8 Å². The van der Waals surface area contributed by atoms with Crippen molar-refractivity contribution in [2.24, 2.45) is 0 Å². The van der Waals surface area contributed by atoms with Gasteiger partial charge in [-0.2, -0.15) is 0 Å². The molecule has 3 nitrogen and oxygen atoms in total. The van der Waals surface area contributed by atoms with Gasteiger partial charge in [0.25, 0.3) is 0 Å². The van der Waals surface area contributed by atoms with Crippen molar-refractivity contribution in [2.45, 2.75) is 29.8 Å². The molecule has 10 radical (unpaired) electrons. The van der Waals surface area contributed by atoms with Gasteiger partial charge >= 0.3 is 0 Å². The smallest absolute Gasteiger partial charge is 0.231 e. The van der Waals surface area contributed by atoms with E-state index < -0.39 is 10.5 Å². The van der Waals surface area contributed by atoms with Crippen LogP contribution in [0.25, 0.3) is 0 Å². The van der Waals surface area contributed by atoms with Gasteiger partial charge in [0.15, 0.2) is 11.5 Å². The summed E-state index contributed by atoms with van der Waals surface area (Å²) in [5.41, 5.74) is 1.04. The highest BCUT2D eigenvalue weighted by Gasteiger charge is 2.30.